The SMILES string of the molecule is C#C.C1CC1.CC(C)CC[C@@H]1c2ccccc2Cc2ccc(F)cc2C1C.COC(=O)C1CCN(C)C1. The Kier molecular flexibility index (Phi) is 12.9. The molecule has 1 aliphatic heterocycles. The van der Waals surface area contributed by atoms with Gasteiger partial charge in [0, 0.05) is 6.54 Å². The number of carbonyl (C=O) groups excluding carboxylic acids is 1. The van der Waals surface area contributed by atoms with Crippen LogP contribution >= 0.6 is 0 Å². The fourth-order valence-corrected chi connectivity index (χ4v) is 5.11. The van der Waals surface area contributed by atoms with E-state index in [0.717, 1.165) is 25.9 Å². The number of nitrogens with zero attached hydrogens (tertiary/aromatic N) is 1. The van der Waals surface area contributed by atoms with Gasteiger partial charge in [-0.05, 0) is 85.0 Å². The average molecular weight is 508 g/mol. The van der Waals surface area contributed by atoms with E-state index in [1.54, 1.807) is 12.1 Å². The average Bonchev–Trinajstić information content (AvgIpc) is 3.74. The zero-order valence-corrected chi connectivity index (χ0v) is 23.5. The van der Waals surface area contributed by atoms with Gasteiger partial charge in [-0.1, -0.05) is 76.8 Å². The molecule has 4 heteroatoms. The number of rotatable bonds is 4. The molecular weight excluding hydrogens is 461 g/mol. The first kappa shape index (κ1) is 30.6. The third-order valence-electron chi connectivity index (χ3n) is 7.37. The van der Waals surface area contributed by atoms with E-state index in [4.69, 9.17) is 0 Å². The molecule has 0 aromatic heterocycles. The van der Waals surface area contributed by atoms with Crippen LogP contribution in [0.15, 0.2) is 42.5 Å². The Morgan fingerprint density at radius 2 is 1.73 bits per heavy atom. The molecule has 0 radical (unpaired) electrons. The van der Waals surface area contributed by atoms with Crippen LogP contribution in [-0.2, 0) is 16.0 Å². The van der Waals surface area contributed by atoms with Crippen molar-refractivity contribution in [3.8, 4) is 12.8 Å². The van der Waals surface area contributed by atoms with Crippen molar-refractivity contribution >= 4 is 5.97 Å². The number of ether oxygens (including phenoxy) is 1. The van der Waals surface area contributed by atoms with Gasteiger partial charge in [0.15, 0.2) is 0 Å². The summed E-state index contributed by atoms with van der Waals surface area (Å²) in [6.07, 6.45) is 16.8. The fourth-order valence-electron chi connectivity index (χ4n) is 5.11. The van der Waals surface area contributed by atoms with Gasteiger partial charge in [0.2, 0.25) is 0 Å². The third-order valence-corrected chi connectivity index (χ3v) is 7.37. The van der Waals surface area contributed by atoms with Crippen LogP contribution in [0.3, 0.4) is 0 Å². The highest BCUT2D eigenvalue weighted by molar-refractivity contribution is 5.72. The highest BCUT2D eigenvalue weighted by Crippen LogP contribution is 2.43. The number of likely N-dealkylation sites (tertiary alicyclic amines) is 1. The molecule has 2 unspecified atom stereocenters. The summed E-state index contributed by atoms with van der Waals surface area (Å²) in [6.45, 7) is 8.69. The monoisotopic (exact) mass is 507 g/mol. The number of terminal acetylenes is 1. The normalized spacial score (nSPS) is 21.4. The summed E-state index contributed by atoms with van der Waals surface area (Å²) in [5, 5.41) is 0. The number of esters is 1. The van der Waals surface area contributed by atoms with Gasteiger partial charge in [-0.3, -0.25) is 4.79 Å². The first-order valence-electron chi connectivity index (χ1n) is 13.8. The fraction of sp³-hybridized carbons (Fsp3) is 0.545. The minimum absolute atomic E-state index is 0.0654. The van der Waals surface area contributed by atoms with Gasteiger partial charge in [-0.15, -0.1) is 12.8 Å². The van der Waals surface area contributed by atoms with Crippen molar-refractivity contribution in [2.24, 2.45) is 11.8 Å². The molecule has 1 heterocycles. The largest absolute Gasteiger partial charge is 0.469 e. The lowest BCUT2D eigenvalue weighted by molar-refractivity contribution is -0.144. The maximum Gasteiger partial charge on any atom is 0.310 e. The molecule has 2 aliphatic carbocycles. The minimum atomic E-state index is -0.112. The lowest BCUT2D eigenvalue weighted by Crippen LogP contribution is -2.20. The number of carbonyl (C=O) groups is 1. The smallest absolute Gasteiger partial charge is 0.310 e. The van der Waals surface area contributed by atoms with Gasteiger partial charge in [-0.25, -0.2) is 4.39 Å². The van der Waals surface area contributed by atoms with Gasteiger partial charge < -0.3 is 9.64 Å². The molecule has 0 bridgehead atoms. The van der Waals surface area contributed by atoms with Crippen LogP contribution < -0.4 is 0 Å². The van der Waals surface area contributed by atoms with Crippen molar-refractivity contribution < 1.29 is 13.9 Å². The summed E-state index contributed by atoms with van der Waals surface area (Å²) in [7, 11) is 3.46. The summed E-state index contributed by atoms with van der Waals surface area (Å²) < 4.78 is 18.4. The van der Waals surface area contributed by atoms with Crippen LogP contribution in [0, 0.1) is 30.5 Å². The molecule has 2 aromatic rings. The van der Waals surface area contributed by atoms with Gasteiger partial charge in [-0.2, -0.15) is 0 Å². The molecule has 1 saturated heterocycles. The molecule has 3 atom stereocenters. The molecule has 2 aromatic carbocycles. The van der Waals surface area contributed by atoms with Gasteiger partial charge in [0.25, 0.3) is 0 Å². The molecule has 37 heavy (non-hydrogen) atoms. The summed E-state index contributed by atoms with van der Waals surface area (Å²) in [5.41, 5.74) is 5.36. The van der Waals surface area contributed by atoms with Crippen molar-refractivity contribution in [2.45, 2.75) is 77.6 Å². The molecule has 5 rings (SSSR count). The lowest BCUT2D eigenvalue weighted by atomic mass is 9.79. The van der Waals surface area contributed by atoms with Crippen molar-refractivity contribution in [2.75, 3.05) is 27.2 Å². The van der Waals surface area contributed by atoms with E-state index >= 15 is 0 Å². The molecule has 1 saturated carbocycles. The van der Waals surface area contributed by atoms with Crippen LogP contribution in [-0.4, -0.2) is 38.1 Å². The quantitative estimate of drug-likeness (QED) is 0.315. The second-order valence-electron chi connectivity index (χ2n) is 10.9. The van der Waals surface area contributed by atoms with E-state index in [9.17, 15) is 9.18 Å². The molecule has 2 fully saturated rings. The van der Waals surface area contributed by atoms with Crippen molar-refractivity contribution in [1.29, 1.82) is 0 Å². The van der Waals surface area contributed by atoms with Crippen molar-refractivity contribution in [3.05, 3.63) is 70.5 Å². The van der Waals surface area contributed by atoms with E-state index in [2.05, 4.69) is 67.5 Å². The topological polar surface area (TPSA) is 29.5 Å². The lowest BCUT2D eigenvalue weighted by Gasteiger charge is -2.25. The molecule has 0 spiro atoms. The number of fused-ring (bicyclic) bond motifs is 2. The van der Waals surface area contributed by atoms with E-state index in [1.807, 2.05) is 13.1 Å². The molecule has 0 N–H and O–H groups in total. The Hall–Kier alpha value is -2.64. The molecule has 0 amide bonds. The highest BCUT2D eigenvalue weighted by Gasteiger charge is 2.28. The predicted molar refractivity (Wildman–Crippen MR) is 152 cm³/mol. The number of methoxy groups -OCH3 is 1. The van der Waals surface area contributed by atoms with Crippen LogP contribution in [0.2, 0.25) is 0 Å². The van der Waals surface area contributed by atoms with Crippen LogP contribution in [0.5, 0.6) is 0 Å². The summed E-state index contributed by atoms with van der Waals surface area (Å²) in [5.74, 6) is 1.50. The predicted octanol–water partition coefficient (Wildman–Crippen LogP) is 7.58. The van der Waals surface area contributed by atoms with Crippen LogP contribution in [0.4, 0.5) is 4.39 Å². The maximum atomic E-state index is 13.8. The first-order chi connectivity index (χ1) is 17.8. The first-order valence-corrected chi connectivity index (χ1v) is 13.8. The number of benzene rings is 2. The molecule has 3 nitrogen and oxygen atoms in total. The van der Waals surface area contributed by atoms with Gasteiger partial charge in [0.05, 0.1) is 13.0 Å². The van der Waals surface area contributed by atoms with Crippen molar-refractivity contribution in [1.82, 2.24) is 4.90 Å². The zero-order chi connectivity index (χ0) is 27.4. The summed E-state index contributed by atoms with van der Waals surface area (Å²) in [4.78, 5) is 13.1. The van der Waals surface area contributed by atoms with Crippen LogP contribution in [0.1, 0.15) is 93.4 Å². The Balaban J connectivity index is 0.000000264. The second-order valence-corrected chi connectivity index (χ2v) is 10.9. The Morgan fingerprint density at radius 3 is 2.30 bits per heavy atom. The number of hydrogen-bond donors (Lipinski definition) is 0. The van der Waals surface area contributed by atoms with Crippen molar-refractivity contribution in [3.63, 3.8) is 0 Å². The van der Waals surface area contributed by atoms with E-state index in [1.165, 1.54) is 61.5 Å². The third kappa shape index (κ3) is 9.63. The van der Waals surface area contributed by atoms with Gasteiger partial charge >= 0.3 is 5.97 Å². The Morgan fingerprint density at radius 1 is 1.08 bits per heavy atom. The number of halogens is 1. The standard InChI is InChI=1S/C21H25F.C7H13NO2.C3H6.C2H2/c1-14(2)8-11-19-15(3)21-13-18(22)10-9-17(21)12-16-6-4-5-7-20(16)19;1-8-4-3-6(5-8)7(9)10-2;1-2-3-1;1-2/h4-7,9-10,13-15,19H,8,11-12H2,1-3H3;6H,3-5H2,1-2H3;1-3H2;1-2H/t15?,19-;;;/m0.../s1. The molecular formula is C33H46FNO2. The second kappa shape index (κ2) is 15.6. The maximum absolute atomic E-state index is 13.8. The highest BCUT2D eigenvalue weighted by atomic mass is 19.1. The Bertz CT molecular complexity index is 994. The molecule has 3 aliphatic rings. The van der Waals surface area contributed by atoms with E-state index < -0.39 is 0 Å². The van der Waals surface area contributed by atoms with E-state index in [0.29, 0.717) is 17.8 Å². The summed E-state index contributed by atoms with van der Waals surface area (Å²) in [6, 6.07) is 14.1. The minimum Gasteiger partial charge on any atom is -0.469 e. The molecule has 202 valence electrons. The number of hydrogen-bond acceptors (Lipinski definition) is 3. The van der Waals surface area contributed by atoms with Crippen LogP contribution in [0.25, 0.3) is 0 Å². The Labute approximate surface area is 224 Å². The zero-order valence-electron chi connectivity index (χ0n) is 23.5. The summed E-state index contributed by atoms with van der Waals surface area (Å²) >= 11 is 0. The van der Waals surface area contributed by atoms with E-state index in [-0.39, 0.29) is 17.7 Å². The van der Waals surface area contributed by atoms with Gasteiger partial charge in [0.1, 0.15) is 5.82 Å².